The minimum absolute atomic E-state index is 0.250. The maximum absolute atomic E-state index is 10.5. The molecule has 0 aliphatic carbocycles. The molecule has 0 saturated heterocycles. The smallest absolute Gasteiger partial charge is 0.318 e. The number of hydrogen-bond acceptors (Lipinski definition) is 2. The topological polar surface area (TPSA) is 61.4 Å². The summed E-state index contributed by atoms with van der Waals surface area (Å²) in [6.45, 7) is 5.13. The van der Waals surface area contributed by atoms with E-state index >= 15 is 0 Å². The Labute approximate surface area is 59.9 Å². The minimum atomic E-state index is -0.518. The lowest BCUT2D eigenvalue weighted by Crippen LogP contribution is -2.36. The zero-order chi connectivity index (χ0) is 7.98. The lowest BCUT2D eigenvalue weighted by molar-refractivity contribution is 0.188. The average Bonchev–Trinajstić information content (AvgIpc) is 1.85. The molecule has 0 heterocycles. The van der Waals surface area contributed by atoms with Gasteiger partial charge in [0.05, 0.1) is 6.10 Å². The molecule has 0 aliphatic rings. The zero-order valence-electron chi connectivity index (χ0n) is 5.92. The van der Waals surface area contributed by atoms with Crippen LogP contribution in [0, 0.1) is 0 Å². The number of hydrogen-bond donors (Lipinski definition) is 3. The fourth-order valence-corrected chi connectivity index (χ4v) is 0.384. The van der Waals surface area contributed by atoms with Crippen LogP contribution >= 0.6 is 0 Å². The van der Waals surface area contributed by atoms with Crippen molar-refractivity contribution >= 4 is 6.03 Å². The van der Waals surface area contributed by atoms with Gasteiger partial charge in [0.1, 0.15) is 0 Å². The second-order valence-electron chi connectivity index (χ2n) is 1.91. The van der Waals surface area contributed by atoms with Crippen molar-refractivity contribution in [1.29, 1.82) is 0 Å². The van der Waals surface area contributed by atoms with Crippen LogP contribution in [0.4, 0.5) is 4.79 Å². The van der Waals surface area contributed by atoms with Gasteiger partial charge in [0.25, 0.3) is 0 Å². The molecule has 0 aromatic heterocycles. The third kappa shape index (κ3) is 5.11. The first-order chi connectivity index (χ1) is 4.66. The number of amides is 2. The van der Waals surface area contributed by atoms with Crippen molar-refractivity contribution in [2.24, 2.45) is 0 Å². The lowest BCUT2D eigenvalue weighted by Gasteiger charge is -2.05. The summed E-state index contributed by atoms with van der Waals surface area (Å²) in [7, 11) is 0. The molecule has 0 saturated carbocycles. The molecule has 4 heteroatoms. The van der Waals surface area contributed by atoms with Crippen molar-refractivity contribution in [3.63, 3.8) is 0 Å². The van der Waals surface area contributed by atoms with E-state index in [1.807, 2.05) is 0 Å². The van der Waals surface area contributed by atoms with E-state index in [0.29, 0.717) is 0 Å². The van der Waals surface area contributed by atoms with Crippen LogP contribution in [-0.4, -0.2) is 23.8 Å². The molecule has 58 valence electrons. The predicted octanol–water partition coefficient (Wildman–Crippen LogP) is -0.190. The van der Waals surface area contributed by atoms with Gasteiger partial charge in [-0.05, 0) is 13.1 Å². The Balaban J connectivity index is 3.30. The first-order valence-corrected chi connectivity index (χ1v) is 3.00. The van der Waals surface area contributed by atoms with E-state index in [9.17, 15) is 4.79 Å². The first kappa shape index (κ1) is 8.97. The van der Waals surface area contributed by atoms with Crippen molar-refractivity contribution in [3.8, 4) is 0 Å². The summed E-state index contributed by atoms with van der Waals surface area (Å²) in [6.07, 6.45) is 0.757. The molecule has 0 radical (unpaired) electrons. The maximum atomic E-state index is 10.5. The SMILES string of the molecule is C=CNC(=O)NCC(C)O. The van der Waals surface area contributed by atoms with Gasteiger partial charge in [-0.3, -0.25) is 0 Å². The van der Waals surface area contributed by atoms with Crippen LogP contribution in [0.1, 0.15) is 6.92 Å². The second kappa shape index (κ2) is 4.81. The Bertz CT molecular complexity index is 123. The number of aliphatic hydroxyl groups is 1. The van der Waals surface area contributed by atoms with Gasteiger partial charge in [-0.2, -0.15) is 0 Å². The predicted molar refractivity (Wildman–Crippen MR) is 38.4 cm³/mol. The van der Waals surface area contributed by atoms with Gasteiger partial charge in [0.15, 0.2) is 0 Å². The van der Waals surface area contributed by atoms with Crippen molar-refractivity contribution in [3.05, 3.63) is 12.8 Å². The van der Waals surface area contributed by atoms with Crippen LogP contribution in [0.3, 0.4) is 0 Å². The Hall–Kier alpha value is -1.03. The molecule has 0 rings (SSSR count). The molecular formula is C6H12N2O2. The highest BCUT2D eigenvalue weighted by molar-refractivity contribution is 5.74. The third-order valence-electron chi connectivity index (χ3n) is 0.791. The van der Waals surface area contributed by atoms with Gasteiger partial charge >= 0.3 is 6.03 Å². The summed E-state index contributed by atoms with van der Waals surface area (Å²) in [5, 5.41) is 13.4. The fourth-order valence-electron chi connectivity index (χ4n) is 0.384. The molecule has 0 aromatic carbocycles. The van der Waals surface area contributed by atoms with E-state index in [1.165, 1.54) is 6.20 Å². The van der Waals surface area contributed by atoms with Crippen molar-refractivity contribution in [1.82, 2.24) is 10.6 Å². The minimum Gasteiger partial charge on any atom is -0.392 e. The summed E-state index contributed by atoms with van der Waals surface area (Å²) < 4.78 is 0. The van der Waals surface area contributed by atoms with E-state index in [1.54, 1.807) is 6.92 Å². The molecule has 10 heavy (non-hydrogen) atoms. The molecule has 0 aliphatic heterocycles. The largest absolute Gasteiger partial charge is 0.392 e. The normalized spacial score (nSPS) is 11.8. The standard InChI is InChI=1S/C6H12N2O2/c1-3-7-6(10)8-4-5(2)9/h3,5,9H,1,4H2,2H3,(H2,7,8,10). The Morgan fingerprint density at radius 1 is 1.90 bits per heavy atom. The summed E-state index contributed by atoms with van der Waals surface area (Å²) in [5.41, 5.74) is 0. The molecule has 0 fully saturated rings. The molecule has 4 nitrogen and oxygen atoms in total. The highest BCUT2D eigenvalue weighted by Gasteiger charge is 1.97. The number of carbonyl (C=O) groups excluding carboxylic acids is 1. The molecule has 1 atom stereocenters. The fraction of sp³-hybridized carbons (Fsp3) is 0.500. The molecule has 0 spiro atoms. The van der Waals surface area contributed by atoms with Crippen LogP contribution < -0.4 is 10.6 Å². The number of nitrogens with one attached hydrogen (secondary N) is 2. The van der Waals surface area contributed by atoms with Gasteiger partial charge in [-0.1, -0.05) is 6.58 Å². The Kier molecular flexibility index (Phi) is 4.32. The lowest BCUT2D eigenvalue weighted by atomic mass is 10.4. The molecule has 0 aromatic rings. The first-order valence-electron chi connectivity index (χ1n) is 3.00. The van der Waals surface area contributed by atoms with E-state index in [-0.39, 0.29) is 12.6 Å². The van der Waals surface area contributed by atoms with E-state index in [0.717, 1.165) is 0 Å². The average molecular weight is 144 g/mol. The van der Waals surface area contributed by atoms with Crippen molar-refractivity contribution in [2.45, 2.75) is 13.0 Å². The second-order valence-corrected chi connectivity index (χ2v) is 1.91. The molecule has 1 unspecified atom stereocenters. The van der Waals surface area contributed by atoms with Crippen LogP contribution in [-0.2, 0) is 0 Å². The quantitative estimate of drug-likeness (QED) is 0.514. The van der Waals surface area contributed by atoms with Crippen LogP contribution in [0.5, 0.6) is 0 Å². The van der Waals surface area contributed by atoms with Crippen LogP contribution in [0.15, 0.2) is 12.8 Å². The summed E-state index contributed by atoms with van der Waals surface area (Å²) >= 11 is 0. The monoisotopic (exact) mass is 144 g/mol. The van der Waals surface area contributed by atoms with E-state index < -0.39 is 6.10 Å². The maximum Gasteiger partial charge on any atom is 0.318 e. The molecule has 0 bridgehead atoms. The van der Waals surface area contributed by atoms with Gasteiger partial charge in [-0.15, -0.1) is 0 Å². The number of aliphatic hydroxyl groups excluding tert-OH is 1. The van der Waals surface area contributed by atoms with Gasteiger partial charge < -0.3 is 15.7 Å². The van der Waals surface area contributed by atoms with Crippen molar-refractivity contribution < 1.29 is 9.90 Å². The highest BCUT2D eigenvalue weighted by atomic mass is 16.3. The summed E-state index contributed by atoms with van der Waals surface area (Å²) in [6, 6.07) is -0.351. The van der Waals surface area contributed by atoms with Crippen LogP contribution in [0.2, 0.25) is 0 Å². The van der Waals surface area contributed by atoms with E-state index in [4.69, 9.17) is 5.11 Å². The number of rotatable bonds is 3. The molecule has 2 amide bonds. The molecule has 3 N–H and O–H groups in total. The molecular weight excluding hydrogens is 132 g/mol. The Morgan fingerprint density at radius 2 is 2.50 bits per heavy atom. The highest BCUT2D eigenvalue weighted by Crippen LogP contribution is 1.73. The van der Waals surface area contributed by atoms with Gasteiger partial charge in [0.2, 0.25) is 0 Å². The zero-order valence-corrected chi connectivity index (χ0v) is 5.92. The summed E-state index contributed by atoms with van der Waals surface area (Å²) in [4.78, 5) is 10.5. The van der Waals surface area contributed by atoms with Crippen molar-refractivity contribution in [2.75, 3.05) is 6.54 Å². The van der Waals surface area contributed by atoms with E-state index in [2.05, 4.69) is 17.2 Å². The summed E-state index contributed by atoms with van der Waals surface area (Å²) in [5.74, 6) is 0. The number of urea groups is 1. The van der Waals surface area contributed by atoms with Crippen LogP contribution in [0.25, 0.3) is 0 Å². The number of carbonyl (C=O) groups is 1. The Morgan fingerprint density at radius 3 is 2.90 bits per heavy atom. The third-order valence-corrected chi connectivity index (χ3v) is 0.791. The van der Waals surface area contributed by atoms with Gasteiger partial charge in [-0.25, -0.2) is 4.79 Å². The van der Waals surface area contributed by atoms with Gasteiger partial charge in [0, 0.05) is 6.54 Å².